The van der Waals surface area contributed by atoms with Crippen LogP contribution in [0.4, 0.5) is 26.3 Å². The quantitative estimate of drug-likeness (QED) is 0.197. The Morgan fingerprint density at radius 1 is 0.861 bits per heavy atom. The number of rotatable bonds is 7. The third-order valence-corrected chi connectivity index (χ3v) is 5.85. The summed E-state index contributed by atoms with van der Waals surface area (Å²) >= 11 is 0. The van der Waals surface area contributed by atoms with E-state index in [4.69, 9.17) is 4.18 Å². The Morgan fingerprint density at radius 3 is 2.14 bits per heavy atom. The molecule has 0 saturated carbocycles. The number of hydrogen-bond acceptors (Lipinski definition) is 5. The maximum Gasteiger partial charge on any atom is 0.416 e. The third kappa shape index (κ3) is 7.07. The summed E-state index contributed by atoms with van der Waals surface area (Å²) in [5, 5.41) is 3.66. The number of hydrogen-bond donors (Lipinski definition) is 1. The molecule has 13 heteroatoms. The molecule has 0 unspecified atom stereocenters. The zero-order valence-corrected chi connectivity index (χ0v) is 18.8. The molecular formula is C23H16F6N2O4S. The van der Waals surface area contributed by atoms with E-state index in [2.05, 4.69) is 10.5 Å². The van der Waals surface area contributed by atoms with E-state index in [0.717, 1.165) is 30.5 Å². The highest BCUT2D eigenvalue weighted by Crippen LogP contribution is 2.31. The van der Waals surface area contributed by atoms with E-state index in [0.29, 0.717) is 12.1 Å². The lowest BCUT2D eigenvalue weighted by Gasteiger charge is -2.11. The van der Waals surface area contributed by atoms with E-state index in [9.17, 15) is 39.6 Å². The lowest BCUT2D eigenvalue weighted by molar-refractivity contribution is -0.138. The molecular weight excluding hydrogens is 514 g/mol. The lowest BCUT2D eigenvalue weighted by atomic mass is 10.1. The SMILES string of the molecule is O=C(Cc1cccc(C(F)(F)F)c1)N/N=C/c1ccccc1OS(=O)(=O)c1ccc(C(F)(F)F)cc1. The third-order valence-electron chi connectivity index (χ3n) is 4.60. The number of carbonyl (C=O) groups is 1. The number of benzene rings is 3. The molecule has 3 rings (SSSR count). The predicted molar refractivity (Wildman–Crippen MR) is 117 cm³/mol. The van der Waals surface area contributed by atoms with Gasteiger partial charge in [0.15, 0.2) is 5.75 Å². The van der Waals surface area contributed by atoms with Crippen LogP contribution in [0.5, 0.6) is 5.75 Å². The Hall–Kier alpha value is -3.87. The van der Waals surface area contributed by atoms with Crippen molar-refractivity contribution in [3.8, 4) is 5.75 Å². The number of hydrazone groups is 1. The van der Waals surface area contributed by atoms with Gasteiger partial charge in [-0.1, -0.05) is 30.3 Å². The molecule has 190 valence electrons. The number of alkyl halides is 6. The number of para-hydroxylation sites is 1. The first-order chi connectivity index (χ1) is 16.8. The summed E-state index contributed by atoms with van der Waals surface area (Å²) in [6, 6.07) is 12.5. The summed E-state index contributed by atoms with van der Waals surface area (Å²) in [7, 11) is -4.50. The Kier molecular flexibility index (Phi) is 7.72. The molecule has 0 atom stereocenters. The molecule has 1 N–H and O–H groups in total. The largest absolute Gasteiger partial charge is 0.416 e. The Labute approximate surface area is 201 Å². The van der Waals surface area contributed by atoms with Gasteiger partial charge in [0, 0.05) is 5.56 Å². The maximum absolute atomic E-state index is 12.8. The zero-order chi connectivity index (χ0) is 26.6. The van der Waals surface area contributed by atoms with E-state index in [1.165, 1.54) is 36.4 Å². The monoisotopic (exact) mass is 530 g/mol. The van der Waals surface area contributed by atoms with Crippen LogP contribution in [0.25, 0.3) is 0 Å². The van der Waals surface area contributed by atoms with Gasteiger partial charge >= 0.3 is 22.5 Å². The molecule has 0 aliphatic carbocycles. The average Bonchev–Trinajstić information content (AvgIpc) is 2.79. The second-order valence-electron chi connectivity index (χ2n) is 7.27. The van der Waals surface area contributed by atoms with Crippen molar-refractivity contribution < 1.29 is 43.7 Å². The van der Waals surface area contributed by atoms with Gasteiger partial charge in [-0.25, -0.2) is 5.43 Å². The summed E-state index contributed by atoms with van der Waals surface area (Å²) in [6.07, 6.45) is -8.56. The number of halogens is 6. The van der Waals surface area contributed by atoms with E-state index in [1.807, 2.05) is 0 Å². The Balaban J connectivity index is 1.69. The van der Waals surface area contributed by atoms with Gasteiger partial charge < -0.3 is 4.18 Å². The standard InChI is InChI=1S/C23H16F6N2O4S/c24-22(25,26)17-8-10-19(11-9-17)36(33,34)35-20-7-2-1-5-16(20)14-30-31-21(32)13-15-4-3-6-18(12-15)23(27,28)29/h1-12,14H,13H2,(H,31,32)/b30-14+. The van der Waals surface area contributed by atoms with Gasteiger partial charge in [-0.2, -0.15) is 39.9 Å². The molecule has 6 nitrogen and oxygen atoms in total. The minimum atomic E-state index is -4.64. The highest BCUT2D eigenvalue weighted by molar-refractivity contribution is 7.87. The molecule has 0 saturated heterocycles. The highest BCUT2D eigenvalue weighted by Gasteiger charge is 2.31. The van der Waals surface area contributed by atoms with Gasteiger partial charge in [-0.05, 0) is 48.0 Å². The molecule has 36 heavy (non-hydrogen) atoms. The van der Waals surface area contributed by atoms with Crippen molar-refractivity contribution in [2.45, 2.75) is 23.7 Å². The van der Waals surface area contributed by atoms with Crippen LogP contribution in [-0.4, -0.2) is 20.5 Å². The number of amides is 1. The smallest absolute Gasteiger partial charge is 0.378 e. The zero-order valence-electron chi connectivity index (χ0n) is 18.0. The van der Waals surface area contributed by atoms with Gasteiger partial charge in [-0.3, -0.25) is 4.79 Å². The van der Waals surface area contributed by atoms with Crippen molar-refractivity contribution >= 4 is 22.2 Å². The van der Waals surface area contributed by atoms with Gasteiger partial charge in [-0.15, -0.1) is 0 Å². The van der Waals surface area contributed by atoms with Crippen molar-refractivity contribution in [3.05, 3.63) is 95.1 Å². The molecule has 1 amide bonds. The summed E-state index contributed by atoms with van der Waals surface area (Å²) in [4.78, 5) is 11.5. The molecule has 0 bridgehead atoms. The Morgan fingerprint density at radius 2 is 1.50 bits per heavy atom. The summed E-state index contributed by atoms with van der Waals surface area (Å²) in [6.45, 7) is 0. The van der Waals surface area contributed by atoms with Crippen LogP contribution in [0, 0.1) is 0 Å². The first kappa shape index (κ1) is 26.7. The van der Waals surface area contributed by atoms with Crippen molar-refractivity contribution in [2.75, 3.05) is 0 Å². The molecule has 0 radical (unpaired) electrons. The maximum atomic E-state index is 12.8. The number of nitrogens with one attached hydrogen (secondary N) is 1. The van der Waals surface area contributed by atoms with Crippen LogP contribution in [0.3, 0.4) is 0 Å². The molecule has 3 aromatic carbocycles. The van der Waals surface area contributed by atoms with Gasteiger partial charge in [0.1, 0.15) is 4.90 Å². The van der Waals surface area contributed by atoms with Gasteiger partial charge in [0.05, 0.1) is 23.8 Å². The van der Waals surface area contributed by atoms with Crippen LogP contribution in [0.2, 0.25) is 0 Å². The van der Waals surface area contributed by atoms with Crippen LogP contribution >= 0.6 is 0 Å². The second-order valence-corrected chi connectivity index (χ2v) is 8.81. The first-order valence-corrected chi connectivity index (χ1v) is 11.4. The fraction of sp³-hybridized carbons (Fsp3) is 0.130. The van der Waals surface area contributed by atoms with Crippen molar-refractivity contribution in [1.29, 1.82) is 0 Å². The van der Waals surface area contributed by atoms with Crippen LogP contribution in [0.1, 0.15) is 22.3 Å². The van der Waals surface area contributed by atoms with E-state index >= 15 is 0 Å². The number of nitrogens with zero attached hydrogens (tertiary/aromatic N) is 1. The molecule has 0 aliphatic rings. The van der Waals surface area contributed by atoms with E-state index in [1.54, 1.807) is 0 Å². The minimum Gasteiger partial charge on any atom is -0.378 e. The van der Waals surface area contributed by atoms with E-state index in [-0.39, 0.29) is 16.9 Å². The van der Waals surface area contributed by atoms with Gasteiger partial charge in [0.2, 0.25) is 5.91 Å². The topological polar surface area (TPSA) is 84.8 Å². The molecule has 0 heterocycles. The fourth-order valence-electron chi connectivity index (χ4n) is 2.90. The lowest BCUT2D eigenvalue weighted by Crippen LogP contribution is -2.20. The predicted octanol–water partition coefficient (Wildman–Crippen LogP) is 5.18. The first-order valence-electron chi connectivity index (χ1n) is 9.94. The molecule has 3 aromatic rings. The van der Waals surface area contributed by atoms with Crippen molar-refractivity contribution in [1.82, 2.24) is 5.43 Å². The van der Waals surface area contributed by atoms with Crippen molar-refractivity contribution in [3.63, 3.8) is 0 Å². The molecule has 0 spiro atoms. The summed E-state index contributed by atoms with van der Waals surface area (Å²) in [5.41, 5.74) is 0.370. The molecule has 0 aliphatic heterocycles. The van der Waals surface area contributed by atoms with Crippen LogP contribution < -0.4 is 9.61 Å². The highest BCUT2D eigenvalue weighted by atomic mass is 32.2. The van der Waals surface area contributed by atoms with Gasteiger partial charge in [0.25, 0.3) is 0 Å². The normalized spacial score (nSPS) is 12.5. The summed E-state index contributed by atoms with van der Waals surface area (Å²) < 4.78 is 107. The van der Waals surface area contributed by atoms with Crippen LogP contribution in [-0.2, 0) is 33.7 Å². The fourth-order valence-corrected chi connectivity index (χ4v) is 3.85. The second kappa shape index (κ2) is 10.4. The van der Waals surface area contributed by atoms with Crippen LogP contribution in [0.15, 0.2) is 82.8 Å². The van der Waals surface area contributed by atoms with E-state index < -0.39 is 50.8 Å². The number of carbonyl (C=O) groups excluding carboxylic acids is 1. The average molecular weight is 530 g/mol. The minimum absolute atomic E-state index is 0.0901. The Bertz CT molecular complexity index is 1370. The molecule has 0 aromatic heterocycles. The molecule has 0 fully saturated rings. The van der Waals surface area contributed by atoms with Crippen molar-refractivity contribution in [2.24, 2.45) is 5.10 Å². The summed E-state index contributed by atoms with van der Waals surface area (Å²) in [5.74, 6) is -0.963.